The first-order valence-electron chi connectivity index (χ1n) is 6.73. The van der Waals surface area contributed by atoms with E-state index in [-0.39, 0.29) is 5.54 Å². The van der Waals surface area contributed by atoms with Crippen molar-refractivity contribution in [1.82, 2.24) is 4.90 Å². The fourth-order valence-electron chi connectivity index (χ4n) is 3.00. The number of hydrogen-bond acceptors (Lipinski definition) is 2. The summed E-state index contributed by atoms with van der Waals surface area (Å²) in [6, 6.07) is 0. The zero-order valence-electron chi connectivity index (χ0n) is 11.4. The van der Waals surface area contributed by atoms with Gasteiger partial charge in [-0.3, -0.25) is 9.69 Å². The van der Waals surface area contributed by atoms with Crippen molar-refractivity contribution in [2.75, 3.05) is 14.1 Å². The molecule has 0 radical (unpaired) electrons. The summed E-state index contributed by atoms with van der Waals surface area (Å²) in [4.78, 5) is 14.6. The minimum absolute atomic E-state index is 0.146. The Hall–Kier alpha value is -0.370. The van der Waals surface area contributed by atoms with Crippen LogP contribution < -0.4 is 0 Å². The van der Waals surface area contributed by atoms with Gasteiger partial charge in [0.05, 0.1) is 5.54 Å². The number of unbranched alkanes of at least 4 members (excludes halogenated alkanes) is 1. The summed E-state index contributed by atoms with van der Waals surface area (Å²) >= 11 is 0. The van der Waals surface area contributed by atoms with Gasteiger partial charge in [0.25, 0.3) is 0 Å². The quantitative estimate of drug-likeness (QED) is 0.716. The number of carbonyl (C=O) groups excluding carboxylic acids is 1. The Morgan fingerprint density at radius 2 is 2.12 bits per heavy atom. The Morgan fingerprint density at radius 1 is 1.44 bits per heavy atom. The second kappa shape index (κ2) is 5.81. The van der Waals surface area contributed by atoms with Crippen LogP contribution in [0.3, 0.4) is 0 Å². The lowest BCUT2D eigenvalue weighted by molar-refractivity contribution is -0.133. The third-order valence-corrected chi connectivity index (χ3v) is 4.11. The molecule has 94 valence electrons. The molecule has 2 heteroatoms. The van der Waals surface area contributed by atoms with Crippen LogP contribution in [0.5, 0.6) is 0 Å². The van der Waals surface area contributed by atoms with Gasteiger partial charge in [-0.1, -0.05) is 33.1 Å². The molecule has 16 heavy (non-hydrogen) atoms. The van der Waals surface area contributed by atoms with E-state index in [1.165, 1.54) is 12.8 Å². The molecule has 1 rings (SSSR count). The van der Waals surface area contributed by atoms with Crippen molar-refractivity contribution < 1.29 is 4.79 Å². The molecule has 0 heterocycles. The number of Topliss-reactive ketones (excluding diaryl/α,β-unsaturated/α-hetero) is 1. The van der Waals surface area contributed by atoms with Gasteiger partial charge < -0.3 is 0 Å². The Balaban J connectivity index is 2.75. The summed E-state index contributed by atoms with van der Waals surface area (Å²) in [6.45, 7) is 4.43. The molecule has 0 aromatic heterocycles. The van der Waals surface area contributed by atoms with Crippen molar-refractivity contribution in [2.24, 2.45) is 5.92 Å². The van der Waals surface area contributed by atoms with E-state index in [0.29, 0.717) is 11.7 Å². The highest BCUT2D eigenvalue weighted by atomic mass is 16.1. The fourth-order valence-corrected chi connectivity index (χ4v) is 3.00. The summed E-state index contributed by atoms with van der Waals surface area (Å²) in [6.07, 6.45) is 7.54. The molecule has 1 aliphatic rings. The van der Waals surface area contributed by atoms with E-state index < -0.39 is 0 Å². The van der Waals surface area contributed by atoms with Gasteiger partial charge in [0.15, 0.2) is 5.78 Å². The maximum Gasteiger partial charge on any atom is 0.153 e. The molecule has 0 N–H and O–H groups in total. The zero-order valence-corrected chi connectivity index (χ0v) is 11.4. The molecule has 2 unspecified atom stereocenters. The van der Waals surface area contributed by atoms with Crippen LogP contribution >= 0.6 is 0 Å². The van der Waals surface area contributed by atoms with E-state index in [4.69, 9.17) is 0 Å². The Kier molecular flexibility index (Phi) is 4.97. The molecule has 0 aromatic rings. The molecule has 1 aliphatic carbocycles. The standard InChI is InChI=1S/C14H27NO/c1-5-6-9-13(16)14(15(3)4)10-7-8-12(2)11-14/h12H,5-11H2,1-4H3. The zero-order chi connectivity index (χ0) is 12.2. The van der Waals surface area contributed by atoms with Crippen molar-refractivity contribution >= 4 is 5.78 Å². The number of ketones is 1. The third-order valence-electron chi connectivity index (χ3n) is 4.11. The van der Waals surface area contributed by atoms with Crippen LogP contribution in [-0.2, 0) is 4.79 Å². The molecule has 1 fully saturated rings. The van der Waals surface area contributed by atoms with Crippen molar-refractivity contribution in [3.8, 4) is 0 Å². The molecule has 2 atom stereocenters. The largest absolute Gasteiger partial charge is 0.298 e. The second-order valence-electron chi connectivity index (χ2n) is 5.65. The van der Waals surface area contributed by atoms with E-state index in [1.54, 1.807) is 0 Å². The number of nitrogens with zero attached hydrogens (tertiary/aromatic N) is 1. The molecule has 0 spiro atoms. The van der Waals surface area contributed by atoms with Gasteiger partial charge in [-0.2, -0.15) is 0 Å². The lowest BCUT2D eigenvalue weighted by Gasteiger charge is -2.44. The average Bonchev–Trinajstić information content (AvgIpc) is 2.25. The van der Waals surface area contributed by atoms with E-state index >= 15 is 0 Å². The number of carbonyl (C=O) groups is 1. The van der Waals surface area contributed by atoms with E-state index in [0.717, 1.165) is 32.1 Å². The van der Waals surface area contributed by atoms with Crippen LogP contribution in [-0.4, -0.2) is 30.3 Å². The minimum atomic E-state index is -0.146. The maximum atomic E-state index is 12.4. The monoisotopic (exact) mass is 225 g/mol. The molecular weight excluding hydrogens is 198 g/mol. The van der Waals surface area contributed by atoms with Crippen molar-refractivity contribution in [2.45, 2.75) is 64.3 Å². The van der Waals surface area contributed by atoms with Gasteiger partial charge in [-0.15, -0.1) is 0 Å². The highest BCUT2D eigenvalue weighted by Gasteiger charge is 2.42. The summed E-state index contributed by atoms with van der Waals surface area (Å²) in [7, 11) is 4.14. The Morgan fingerprint density at radius 3 is 2.62 bits per heavy atom. The van der Waals surface area contributed by atoms with Gasteiger partial charge in [-0.25, -0.2) is 0 Å². The molecule has 0 saturated heterocycles. The molecular formula is C14H27NO. The van der Waals surface area contributed by atoms with Crippen LogP contribution in [0, 0.1) is 5.92 Å². The second-order valence-corrected chi connectivity index (χ2v) is 5.65. The normalized spacial score (nSPS) is 30.7. The van der Waals surface area contributed by atoms with Crippen LogP contribution in [0.25, 0.3) is 0 Å². The molecule has 0 aliphatic heterocycles. The van der Waals surface area contributed by atoms with Gasteiger partial charge in [0.1, 0.15) is 0 Å². The third kappa shape index (κ3) is 2.85. The first-order chi connectivity index (χ1) is 7.53. The minimum Gasteiger partial charge on any atom is -0.298 e. The van der Waals surface area contributed by atoms with Crippen LogP contribution in [0.4, 0.5) is 0 Å². The van der Waals surface area contributed by atoms with Crippen molar-refractivity contribution in [1.29, 1.82) is 0 Å². The van der Waals surface area contributed by atoms with Crippen LogP contribution in [0.1, 0.15) is 58.8 Å². The number of rotatable bonds is 5. The smallest absolute Gasteiger partial charge is 0.153 e. The SMILES string of the molecule is CCCCC(=O)C1(N(C)C)CCCC(C)C1. The van der Waals surface area contributed by atoms with Crippen molar-refractivity contribution in [3.05, 3.63) is 0 Å². The molecule has 0 amide bonds. The molecule has 0 aromatic carbocycles. The summed E-state index contributed by atoms with van der Waals surface area (Å²) in [5, 5.41) is 0. The number of likely N-dealkylation sites (N-methyl/N-ethyl adjacent to an activating group) is 1. The first-order valence-corrected chi connectivity index (χ1v) is 6.73. The van der Waals surface area contributed by atoms with E-state index in [2.05, 4.69) is 32.8 Å². The Labute approximate surface area is 100 Å². The lowest BCUT2D eigenvalue weighted by Crippen LogP contribution is -2.53. The molecule has 1 saturated carbocycles. The summed E-state index contributed by atoms with van der Waals surface area (Å²) in [5.41, 5.74) is -0.146. The predicted octanol–water partition coefficient (Wildman–Crippen LogP) is 3.26. The highest BCUT2D eigenvalue weighted by molar-refractivity contribution is 5.88. The van der Waals surface area contributed by atoms with E-state index in [9.17, 15) is 4.79 Å². The van der Waals surface area contributed by atoms with Gasteiger partial charge in [0.2, 0.25) is 0 Å². The van der Waals surface area contributed by atoms with Crippen molar-refractivity contribution in [3.63, 3.8) is 0 Å². The Bertz CT molecular complexity index is 237. The van der Waals surface area contributed by atoms with Gasteiger partial charge in [-0.05, 0) is 39.3 Å². The maximum absolute atomic E-state index is 12.4. The van der Waals surface area contributed by atoms with E-state index in [1.807, 2.05) is 0 Å². The summed E-state index contributed by atoms with van der Waals surface area (Å²) < 4.78 is 0. The van der Waals surface area contributed by atoms with Gasteiger partial charge >= 0.3 is 0 Å². The van der Waals surface area contributed by atoms with Crippen LogP contribution in [0.2, 0.25) is 0 Å². The summed E-state index contributed by atoms with van der Waals surface area (Å²) in [5.74, 6) is 1.17. The fraction of sp³-hybridized carbons (Fsp3) is 0.929. The molecule has 2 nitrogen and oxygen atoms in total. The van der Waals surface area contributed by atoms with Gasteiger partial charge in [0, 0.05) is 6.42 Å². The highest BCUT2D eigenvalue weighted by Crippen LogP contribution is 2.37. The number of hydrogen-bond donors (Lipinski definition) is 0. The molecule has 0 bridgehead atoms. The lowest BCUT2D eigenvalue weighted by atomic mass is 9.72. The van der Waals surface area contributed by atoms with Crippen LogP contribution in [0.15, 0.2) is 0 Å². The first kappa shape index (κ1) is 13.7. The average molecular weight is 225 g/mol. The topological polar surface area (TPSA) is 20.3 Å². The predicted molar refractivity (Wildman–Crippen MR) is 68.6 cm³/mol.